The third-order valence-corrected chi connectivity index (χ3v) is 6.56. The first-order chi connectivity index (χ1) is 16.0. The van der Waals surface area contributed by atoms with Gasteiger partial charge in [-0.15, -0.1) is 0 Å². The number of methoxy groups -OCH3 is 1. The van der Waals surface area contributed by atoms with Crippen LogP contribution in [0.2, 0.25) is 0 Å². The zero-order valence-electron chi connectivity index (χ0n) is 18.8. The number of rotatable bonds is 7. The SMILES string of the molecule is COCCN1C[C@@H](NC(=O)Nc2c(C)c(P)nn2-c2ccccc2)[C@H](c2ccc(F)cc2)C1. The van der Waals surface area contributed by atoms with Crippen molar-refractivity contribution in [1.82, 2.24) is 20.0 Å². The van der Waals surface area contributed by atoms with Gasteiger partial charge in [0.25, 0.3) is 0 Å². The summed E-state index contributed by atoms with van der Waals surface area (Å²) in [5, 5.41) is 10.7. The molecule has 9 heteroatoms. The summed E-state index contributed by atoms with van der Waals surface area (Å²) in [6, 6.07) is 15.8. The maximum Gasteiger partial charge on any atom is 0.320 e. The van der Waals surface area contributed by atoms with Crippen molar-refractivity contribution in [2.24, 2.45) is 0 Å². The highest BCUT2D eigenvalue weighted by molar-refractivity contribution is 7.27. The predicted molar refractivity (Wildman–Crippen MR) is 131 cm³/mol. The van der Waals surface area contributed by atoms with E-state index in [-0.39, 0.29) is 23.8 Å². The molecule has 2 heterocycles. The fourth-order valence-electron chi connectivity index (χ4n) is 4.21. The van der Waals surface area contributed by atoms with Crippen molar-refractivity contribution in [2.45, 2.75) is 18.9 Å². The van der Waals surface area contributed by atoms with Crippen LogP contribution in [0.25, 0.3) is 5.69 Å². The largest absolute Gasteiger partial charge is 0.383 e. The van der Waals surface area contributed by atoms with Crippen LogP contribution in [0.3, 0.4) is 0 Å². The van der Waals surface area contributed by atoms with Crippen molar-refractivity contribution in [3.63, 3.8) is 0 Å². The third-order valence-electron chi connectivity index (χ3n) is 6.01. The van der Waals surface area contributed by atoms with E-state index in [1.54, 1.807) is 23.9 Å². The molecule has 7 nitrogen and oxygen atoms in total. The number of halogens is 1. The molecule has 33 heavy (non-hydrogen) atoms. The molecule has 2 N–H and O–H groups in total. The minimum Gasteiger partial charge on any atom is -0.383 e. The van der Waals surface area contributed by atoms with Gasteiger partial charge in [0.15, 0.2) is 0 Å². The Morgan fingerprint density at radius 2 is 1.91 bits per heavy atom. The fourth-order valence-corrected chi connectivity index (χ4v) is 4.46. The second-order valence-corrected chi connectivity index (χ2v) is 8.77. The molecular formula is C24H29FN5O2P. The summed E-state index contributed by atoms with van der Waals surface area (Å²) < 4.78 is 20.4. The van der Waals surface area contributed by atoms with Crippen LogP contribution in [-0.4, -0.2) is 60.1 Å². The number of aromatic nitrogens is 2. The summed E-state index contributed by atoms with van der Waals surface area (Å²) in [5.74, 6) is 0.398. The lowest BCUT2D eigenvalue weighted by molar-refractivity contribution is 0.159. The molecule has 1 aliphatic heterocycles. The van der Waals surface area contributed by atoms with E-state index in [1.807, 2.05) is 37.3 Å². The summed E-state index contributed by atoms with van der Waals surface area (Å²) in [6.45, 7) is 4.75. The van der Waals surface area contributed by atoms with Crippen LogP contribution >= 0.6 is 9.24 Å². The van der Waals surface area contributed by atoms with Crippen LogP contribution in [0.15, 0.2) is 54.6 Å². The minimum atomic E-state index is -0.300. The van der Waals surface area contributed by atoms with Crippen molar-refractivity contribution in [3.05, 3.63) is 71.5 Å². The lowest BCUT2D eigenvalue weighted by Crippen LogP contribution is -2.42. The number of likely N-dealkylation sites (tertiary alicyclic amines) is 1. The Morgan fingerprint density at radius 1 is 1.18 bits per heavy atom. The van der Waals surface area contributed by atoms with Crippen LogP contribution in [0.4, 0.5) is 15.0 Å². The number of hydrogen-bond donors (Lipinski definition) is 2. The number of nitrogens with one attached hydrogen (secondary N) is 2. The number of carbonyl (C=O) groups is 1. The van der Waals surface area contributed by atoms with Gasteiger partial charge in [0.1, 0.15) is 11.6 Å². The second kappa shape index (κ2) is 10.4. The molecule has 3 aromatic rings. The number of urea groups is 1. The van der Waals surface area contributed by atoms with Crippen molar-refractivity contribution in [3.8, 4) is 5.69 Å². The highest BCUT2D eigenvalue weighted by atomic mass is 31.0. The maximum atomic E-state index is 13.5. The average Bonchev–Trinajstić information content (AvgIpc) is 3.34. The van der Waals surface area contributed by atoms with Crippen molar-refractivity contribution < 1.29 is 13.9 Å². The van der Waals surface area contributed by atoms with E-state index in [0.29, 0.717) is 19.0 Å². The van der Waals surface area contributed by atoms with Crippen LogP contribution in [0, 0.1) is 12.7 Å². The molecule has 1 fully saturated rings. The Morgan fingerprint density at radius 3 is 2.61 bits per heavy atom. The van der Waals surface area contributed by atoms with Crippen LogP contribution in [-0.2, 0) is 4.74 Å². The van der Waals surface area contributed by atoms with E-state index in [1.165, 1.54) is 12.1 Å². The van der Waals surface area contributed by atoms with E-state index in [2.05, 4.69) is 29.9 Å². The number of para-hydroxylation sites is 1. The van der Waals surface area contributed by atoms with Gasteiger partial charge in [-0.2, -0.15) is 5.10 Å². The van der Waals surface area contributed by atoms with Gasteiger partial charge < -0.3 is 10.1 Å². The molecule has 4 rings (SSSR count). The first-order valence-electron chi connectivity index (χ1n) is 10.9. The lowest BCUT2D eigenvalue weighted by atomic mass is 9.94. The molecule has 174 valence electrons. The van der Waals surface area contributed by atoms with Crippen LogP contribution < -0.4 is 16.1 Å². The van der Waals surface area contributed by atoms with E-state index >= 15 is 0 Å². The first kappa shape index (κ1) is 23.4. The van der Waals surface area contributed by atoms with Crippen molar-refractivity contribution in [2.75, 3.05) is 38.7 Å². The third kappa shape index (κ3) is 5.41. The van der Waals surface area contributed by atoms with Gasteiger partial charge >= 0.3 is 6.03 Å². The molecule has 1 aliphatic rings. The Labute approximate surface area is 195 Å². The highest BCUT2D eigenvalue weighted by Gasteiger charge is 2.35. The van der Waals surface area contributed by atoms with Crippen LogP contribution in [0.1, 0.15) is 17.0 Å². The topological polar surface area (TPSA) is 71.4 Å². The quantitative estimate of drug-likeness (QED) is 0.522. The highest BCUT2D eigenvalue weighted by Crippen LogP contribution is 2.28. The molecule has 0 spiro atoms. The van der Waals surface area contributed by atoms with E-state index in [0.717, 1.165) is 35.3 Å². The van der Waals surface area contributed by atoms with Gasteiger partial charge in [0, 0.05) is 38.2 Å². The number of amides is 2. The Bertz CT molecular complexity index is 1090. The average molecular weight is 470 g/mol. The standard InChI is InChI=1S/C24H29FN5O2P/c1-16-22(30(28-23(16)33)19-6-4-3-5-7-19)27-24(31)26-21-15-29(12-13-32-2)14-20(21)17-8-10-18(25)11-9-17/h3-11,20-21H,12-15,33H2,1-2H3,(H2,26,27,31)/t20-,21+/m0/s1. The fraction of sp³-hybridized carbons (Fsp3) is 0.333. The lowest BCUT2D eigenvalue weighted by Gasteiger charge is -2.21. The number of nitrogens with zero attached hydrogens (tertiary/aromatic N) is 3. The van der Waals surface area contributed by atoms with Gasteiger partial charge in [-0.1, -0.05) is 39.6 Å². The number of anilines is 1. The Balaban J connectivity index is 1.52. The summed E-state index contributed by atoms with van der Waals surface area (Å²) in [7, 11) is 4.29. The molecule has 3 atom stereocenters. The van der Waals surface area contributed by atoms with E-state index in [9.17, 15) is 9.18 Å². The van der Waals surface area contributed by atoms with E-state index < -0.39 is 0 Å². The smallest absolute Gasteiger partial charge is 0.320 e. The molecule has 0 aliphatic carbocycles. The molecule has 2 amide bonds. The second-order valence-electron chi connectivity index (χ2n) is 8.22. The summed E-state index contributed by atoms with van der Waals surface area (Å²) in [6.07, 6.45) is 0. The number of ether oxygens (including phenoxy) is 1. The molecular weight excluding hydrogens is 440 g/mol. The van der Waals surface area contributed by atoms with Gasteiger partial charge in [-0.05, 0) is 36.8 Å². The zero-order valence-corrected chi connectivity index (χ0v) is 19.9. The van der Waals surface area contributed by atoms with E-state index in [4.69, 9.17) is 4.74 Å². The Kier molecular flexibility index (Phi) is 7.38. The molecule has 0 radical (unpaired) electrons. The molecule has 1 aromatic heterocycles. The van der Waals surface area contributed by atoms with Crippen LogP contribution in [0.5, 0.6) is 0 Å². The van der Waals surface area contributed by atoms with Gasteiger partial charge in [-0.25, -0.2) is 13.9 Å². The van der Waals surface area contributed by atoms with Crippen molar-refractivity contribution >= 4 is 26.5 Å². The van der Waals surface area contributed by atoms with Gasteiger partial charge in [0.2, 0.25) is 0 Å². The Hall–Kier alpha value is -2.80. The van der Waals surface area contributed by atoms with Gasteiger partial charge in [0.05, 0.1) is 23.8 Å². The predicted octanol–water partition coefficient (Wildman–Crippen LogP) is 3.06. The molecule has 1 saturated heterocycles. The molecule has 2 aromatic carbocycles. The molecule has 0 saturated carbocycles. The maximum absolute atomic E-state index is 13.5. The first-order valence-corrected chi connectivity index (χ1v) is 11.5. The summed E-state index contributed by atoms with van der Waals surface area (Å²) in [4.78, 5) is 15.3. The minimum absolute atomic E-state index is 0.0469. The normalized spacial score (nSPS) is 18.4. The number of benzene rings is 2. The summed E-state index contributed by atoms with van der Waals surface area (Å²) >= 11 is 0. The summed E-state index contributed by atoms with van der Waals surface area (Å²) in [5.41, 5.74) is 3.51. The number of hydrogen-bond acceptors (Lipinski definition) is 4. The molecule has 0 bridgehead atoms. The number of carbonyl (C=O) groups excluding carboxylic acids is 1. The van der Waals surface area contributed by atoms with Crippen molar-refractivity contribution in [1.29, 1.82) is 0 Å². The monoisotopic (exact) mass is 469 g/mol. The molecule has 1 unspecified atom stereocenters. The zero-order chi connectivity index (χ0) is 23.4. The van der Waals surface area contributed by atoms with Gasteiger partial charge in [-0.3, -0.25) is 10.2 Å².